The van der Waals surface area contributed by atoms with Gasteiger partial charge >= 0.3 is 0 Å². The van der Waals surface area contributed by atoms with Gasteiger partial charge in [-0.3, -0.25) is 0 Å². The van der Waals surface area contributed by atoms with E-state index in [-0.39, 0.29) is 0 Å². The first kappa shape index (κ1) is 15.4. The van der Waals surface area contributed by atoms with Crippen molar-refractivity contribution in [2.45, 2.75) is 44.9 Å². The van der Waals surface area contributed by atoms with Crippen LogP contribution in [-0.2, 0) is 0 Å². The van der Waals surface area contributed by atoms with Gasteiger partial charge in [0.25, 0.3) is 0 Å². The number of aryl methyl sites for hydroxylation is 1. The largest absolute Gasteiger partial charge is 0.0616 e. The van der Waals surface area contributed by atoms with Crippen molar-refractivity contribution in [1.82, 2.24) is 0 Å². The molecular formula is C24H26. The highest BCUT2D eigenvalue weighted by atomic mass is 14.4. The molecule has 0 aliphatic heterocycles. The number of rotatable bonds is 5. The first-order chi connectivity index (χ1) is 11.7. The van der Waals surface area contributed by atoms with Crippen LogP contribution in [0.3, 0.4) is 0 Å². The van der Waals surface area contributed by atoms with Crippen LogP contribution < -0.4 is 0 Å². The van der Waals surface area contributed by atoms with Gasteiger partial charge in [0.15, 0.2) is 0 Å². The van der Waals surface area contributed by atoms with E-state index in [0.717, 1.165) is 5.92 Å². The van der Waals surface area contributed by atoms with E-state index in [0.29, 0.717) is 11.8 Å². The third kappa shape index (κ3) is 3.11. The molecule has 3 aromatic carbocycles. The molecule has 4 rings (SSSR count). The van der Waals surface area contributed by atoms with Crippen LogP contribution in [0.2, 0.25) is 0 Å². The third-order valence-electron chi connectivity index (χ3n) is 5.66. The lowest BCUT2D eigenvalue weighted by Crippen LogP contribution is -2.07. The standard InChI is InChI=1S/C24H26/c1-17-10-12-20(13-11-17)24(21-14-15-21)16-18(2)22-9-5-7-19-6-3-4-8-23(19)22/h3-13,18,21,24H,14-16H2,1-2H3/t18-,24?/m0/s1. The summed E-state index contributed by atoms with van der Waals surface area (Å²) < 4.78 is 0. The summed E-state index contributed by atoms with van der Waals surface area (Å²) in [6.45, 7) is 4.58. The van der Waals surface area contributed by atoms with E-state index in [1.165, 1.54) is 46.7 Å². The maximum Gasteiger partial charge on any atom is -0.0128 e. The van der Waals surface area contributed by atoms with E-state index in [4.69, 9.17) is 0 Å². The molecule has 1 saturated carbocycles. The van der Waals surface area contributed by atoms with Crippen molar-refractivity contribution >= 4 is 10.8 Å². The van der Waals surface area contributed by atoms with Gasteiger partial charge in [-0.15, -0.1) is 0 Å². The molecule has 1 unspecified atom stereocenters. The van der Waals surface area contributed by atoms with Gasteiger partial charge in [-0.2, -0.15) is 0 Å². The fourth-order valence-electron chi connectivity index (χ4n) is 4.10. The molecule has 0 heterocycles. The number of hydrogen-bond acceptors (Lipinski definition) is 0. The first-order valence-corrected chi connectivity index (χ1v) is 9.26. The average molecular weight is 314 g/mol. The van der Waals surface area contributed by atoms with Crippen molar-refractivity contribution in [3.05, 3.63) is 83.4 Å². The fourth-order valence-corrected chi connectivity index (χ4v) is 4.10. The van der Waals surface area contributed by atoms with Gasteiger partial charge in [0.2, 0.25) is 0 Å². The second-order valence-corrected chi connectivity index (χ2v) is 7.56. The SMILES string of the molecule is Cc1ccc(C(C[C@H](C)c2cccc3ccccc23)C2CC2)cc1. The van der Waals surface area contributed by atoms with E-state index in [2.05, 4.69) is 80.6 Å². The zero-order chi connectivity index (χ0) is 16.5. The molecule has 0 radical (unpaired) electrons. The summed E-state index contributed by atoms with van der Waals surface area (Å²) in [6.07, 6.45) is 4.06. The molecule has 0 N–H and O–H groups in total. The Kier molecular flexibility index (Phi) is 4.14. The summed E-state index contributed by atoms with van der Waals surface area (Å²) in [4.78, 5) is 0. The van der Waals surface area contributed by atoms with Gasteiger partial charge < -0.3 is 0 Å². The van der Waals surface area contributed by atoms with Crippen LogP contribution in [0.4, 0.5) is 0 Å². The predicted molar refractivity (Wildman–Crippen MR) is 104 cm³/mol. The minimum Gasteiger partial charge on any atom is -0.0616 e. The molecule has 122 valence electrons. The number of hydrogen-bond donors (Lipinski definition) is 0. The van der Waals surface area contributed by atoms with Crippen LogP contribution >= 0.6 is 0 Å². The monoisotopic (exact) mass is 314 g/mol. The van der Waals surface area contributed by atoms with Crippen molar-refractivity contribution in [2.75, 3.05) is 0 Å². The van der Waals surface area contributed by atoms with Crippen LogP contribution in [0.15, 0.2) is 66.7 Å². The summed E-state index contributed by atoms with van der Waals surface area (Å²) >= 11 is 0. The lowest BCUT2D eigenvalue weighted by atomic mass is 9.82. The Hall–Kier alpha value is -2.08. The van der Waals surface area contributed by atoms with E-state index in [9.17, 15) is 0 Å². The quantitative estimate of drug-likeness (QED) is 0.484. The maximum absolute atomic E-state index is 2.41. The zero-order valence-corrected chi connectivity index (χ0v) is 14.7. The summed E-state index contributed by atoms with van der Waals surface area (Å²) in [7, 11) is 0. The van der Waals surface area contributed by atoms with Crippen molar-refractivity contribution in [1.29, 1.82) is 0 Å². The lowest BCUT2D eigenvalue weighted by Gasteiger charge is -2.23. The van der Waals surface area contributed by atoms with Crippen LogP contribution in [0.1, 0.15) is 54.7 Å². The van der Waals surface area contributed by atoms with E-state index in [1.54, 1.807) is 0 Å². The van der Waals surface area contributed by atoms with Crippen LogP contribution in [0.25, 0.3) is 10.8 Å². The molecule has 1 aliphatic rings. The Balaban J connectivity index is 1.63. The smallest absolute Gasteiger partial charge is 0.0128 e. The van der Waals surface area contributed by atoms with E-state index < -0.39 is 0 Å². The van der Waals surface area contributed by atoms with Crippen molar-refractivity contribution < 1.29 is 0 Å². The number of benzene rings is 3. The second kappa shape index (κ2) is 6.43. The predicted octanol–water partition coefficient (Wildman–Crippen LogP) is 6.84. The topological polar surface area (TPSA) is 0 Å². The molecular weight excluding hydrogens is 288 g/mol. The molecule has 24 heavy (non-hydrogen) atoms. The Morgan fingerprint density at radius 2 is 1.58 bits per heavy atom. The van der Waals surface area contributed by atoms with Gasteiger partial charge in [-0.25, -0.2) is 0 Å². The molecule has 0 nitrogen and oxygen atoms in total. The van der Waals surface area contributed by atoms with Crippen molar-refractivity contribution in [3.63, 3.8) is 0 Å². The van der Waals surface area contributed by atoms with Gasteiger partial charge in [-0.05, 0) is 65.8 Å². The molecule has 2 atom stereocenters. The minimum atomic E-state index is 0.586. The maximum atomic E-state index is 2.41. The second-order valence-electron chi connectivity index (χ2n) is 7.56. The summed E-state index contributed by atoms with van der Waals surface area (Å²) in [5.41, 5.74) is 4.40. The van der Waals surface area contributed by atoms with Crippen LogP contribution in [0, 0.1) is 12.8 Å². The minimum absolute atomic E-state index is 0.586. The third-order valence-corrected chi connectivity index (χ3v) is 5.66. The lowest BCUT2D eigenvalue weighted by molar-refractivity contribution is 0.510. The highest BCUT2D eigenvalue weighted by Crippen LogP contribution is 2.47. The van der Waals surface area contributed by atoms with E-state index in [1.807, 2.05) is 0 Å². The van der Waals surface area contributed by atoms with Gasteiger partial charge in [0.1, 0.15) is 0 Å². The highest BCUT2D eigenvalue weighted by molar-refractivity contribution is 5.86. The van der Waals surface area contributed by atoms with Crippen molar-refractivity contribution in [2.24, 2.45) is 5.92 Å². The molecule has 3 aromatic rings. The van der Waals surface area contributed by atoms with Crippen LogP contribution in [-0.4, -0.2) is 0 Å². The fraction of sp³-hybridized carbons (Fsp3) is 0.333. The molecule has 1 aliphatic carbocycles. The molecule has 0 aromatic heterocycles. The normalized spacial score (nSPS) is 16.9. The molecule has 0 saturated heterocycles. The Bertz CT molecular complexity index is 819. The zero-order valence-electron chi connectivity index (χ0n) is 14.7. The number of fused-ring (bicyclic) bond motifs is 1. The van der Waals surface area contributed by atoms with E-state index >= 15 is 0 Å². The Morgan fingerprint density at radius 3 is 2.33 bits per heavy atom. The molecule has 0 bridgehead atoms. The molecule has 1 fully saturated rings. The highest BCUT2D eigenvalue weighted by Gasteiger charge is 2.33. The summed E-state index contributed by atoms with van der Waals surface area (Å²) in [5.74, 6) is 2.19. The average Bonchev–Trinajstić information content (AvgIpc) is 3.45. The molecule has 0 amide bonds. The molecule has 0 spiro atoms. The first-order valence-electron chi connectivity index (χ1n) is 9.26. The van der Waals surface area contributed by atoms with Crippen LogP contribution in [0.5, 0.6) is 0 Å². The van der Waals surface area contributed by atoms with Crippen molar-refractivity contribution in [3.8, 4) is 0 Å². The van der Waals surface area contributed by atoms with Gasteiger partial charge in [-0.1, -0.05) is 79.2 Å². The summed E-state index contributed by atoms with van der Waals surface area (Å²) in [6, 6.07) is 24.8. The molecule has 0 heteroatoms. The Morgan fingerprint density at radius 1 is 0.875 bits per heavy atom. The summed E-state index contributed by atoms with van der Waals surface area (Å²) in [5, 5.41) is 2.78. The van der Waals surface area contributed by atoms with Gasteiger partial charge in [0.05, 0.1) is 0 Å². The van der Waals surface area contributed by atoms with Gasteiger partial charge in [0, 0.05) is 0 Å². The Labute approximate surface area is 145 Å².